The molecule has 3 rings (SSSR count). The molecule has 1 aliphatic rings. The van der Waals surface area contributed by atoms with Crippen molar-refractivity contribution < 1.29 is 4.79 Å². The van der Waals surface area contributed by atoms with Gasteiger partial charge in [-0.1, -0.05) is 18.2 Å². The zero-order chi connectivity index (χ0) is 14.8. The van der Waals surface area contributed by atoms with Crippen molar-refractivity contribution in [1.29, 1.82) is 5.26 Å². The molecule has 5 heteroatoms. The molecule has 106 valence electrons. The fourth-order valence-corrected chi connectivity index (χ4v) is 2.79. The highest BCUT2D eigenvalue weighted by atomic mass is 16.2. The summed E-state index contributed by atoms with van der Waals surface area (Å²) in [6.07, 6.45) is 1.63. The Morgan fingerprint density at radius 3 is 2.62 bits per heavy atom. The minimum absolute atomic E-state index is 0.106. The fraction of sp³-hybridized carbons (Fsp3) is 0.312. The number of aromatic nitrogens is 1. The third kappa shape index (κ3) is 2.40. The number of nitriles is 1. The normalized spacial score (nSPS) is 15.0. The average Bonchev–Trinajstić information content (AvgIpc) is 2.53. The number of fused-ring (bicyclic) bond motifs is 1. The zero-order valence-electron chi connectivity index (χ0n) is 11.9. The first-order valence-electron chi connectivity index (χ1n) is 6.99. The maximum absolute atomic E-state index is 11.4. The minimum Gasteiger partial charge on any atom is -0.366 e. The maximum Gasteiger partial charge on any atom is 0.219 e. The van der Waals surface area contributed by atoms with Gasteiger partial charge >= 0.3 is 0 Å². The van der Waals surface area contributed by atoms with Crippen molar-refractivity contribution in [2.24, 2.45) is 0 Å². The Labute approximate surface area is 123 Å². The summed E-state index contributed by atoms with van der Waals surface area (Å²) in [6.45, 7) is 4.45. The van der Waals surface area contributed by atoms with Crippen LogP contribution in [-0.4, -0.2) is 42.0 Å². The van der Waals surface area contributed by atoms with Gasteiger partial charge in [0.1, 0.15) is 6.07 Å². The first kappa shape index (κ1) is 13.4. The standard InChI is InChI=1S/C16H16N4O/c1-12(21)19-6-8-20(9-7-19)16-13(10-17)11-18-15-5-3-2-4-14(15)16/h2-5,11H,6-9H2,1H3. The first-order valence-corrected chi connectivity index (χ1v) is 6.99. The predicted octanol–water partition coefficient (Wildman–Crippen LogP) is 1.77. The molecule has 2 aromatic rings. The number of nitrogens with zero attached hydrogens (tertiary/aromatic N) is 4. The Morgan fingerprint density at radius 1 is 1.24 bits per heavy atom. The van der Waals surface area contributed by atoms with E-state index in [2.05, 4.69) is 16.0 Å². The lowest BCUT2D eigenvalue weighted by Crippen LogP contribution is -2.48. The molecule has 1 aromatic carbocycles. The summed E-state index contributed by atoms with van der Waals surface area (Å²) in [5, 5.41) is 10.4. The molecule has 1 fully saturated rings. The van der Waals surface area contributed by atoms with Gasteiger partial charge in [-0.05, 0) is 6.07 Å². The lowest BCUT2D eigenvalue weighted by atomic mass is 10.1. The van der Waals surface area contributed by atoms with Gasteiger partial charge in [-0.15, -0.1) is 0 Å². The lowest BCUT2D eigenvalue weighted by molar-refractivity contribution is -0.129. The number of rotatable bonds is 1. The lowest BCUT2D eigenvalue weighted by Gasteiger charge is -2.36. The second-order valence-electron chi connectivity index (χ2n) is 5.14. The Hall–Kier alpha value is -2.61. The second kappa shape index (κ2) is 5.41. The van der Waals surface area contributed by atoms with E-state index in [1.54, 1.807) is 13.1 Å². The summed E-state index contributed by atoms with van der Waals surface area (Å²) < 4.78 is 0. The number of hydrogen-bond donors (Lipinski definition) is 0. The third-order valence-electron chi connectivity index (χ3n) is 3.91. The fourth-order valence-electron chi connectivity index (χ4n) is 2.79. The van der Waals surface area contributed by atoms with E-state index >= 15 is 0 Å². The molecule has 1 amide bonds. The Balaban J connectivity index is 2.00. The number of benzene rings is 1. The van der Waals surface area contributed by atoms with Crippen LogP contribution in [0.4, 0.5) is 5.69 Å². The number of piperazine rings is 1. The Kier molecular flexibility index (Phi) is 3.44. The molecule has 5 nitrogen and oxygen atoms in total. The molecule has 0 bridgehead atoms. The summed E-state index contributed by atoms with van der Waals surface area (Å²) in [6, 6.07) is 10.1. The molecule has 21 heavy (non-hydrogen) atoms. The average molecular weight is 280 g/mol. The zero-order valence-corrected chi connectivity index (χ0v) is 11.9. The summed E-state index contributed by atoms with van der Waals surface area (Å²) in [4.78, 5) is 19.8. The number of para-hydroxylation sites is 1. The second-order valence-corrected chi connectivity index (χ2v) is 5.14. The summed E-state index contributed by atoms with van der Waals surface area (Å²) in [5.74, 6) is 0.106. The molecule has 0 saturated carbocycles. The Morgan fingerprint density at radius 2 is 1.95 bits per heavy atom. The van der Waals surface area contributed by atoms with Crippen LogP contribution in [0.5, 0.6) is 0 Å². The van der Waals surface area contributed by atoms with Crippen LogP contribution in [0, 0.1) is 11.3 Å². The van der Waals surface area contributed by atoms with Crippen LogP contribution in [0.3, 0.4) is 0 Å². The smallest absolute Gasteiger partial charge is 0.219 e. The van der Waals surface area contributed by atoms with Gasteiger partial charge in [0.25, 0.3) is 0 Å². The van der Waals surface area contributed by atoms with Gasteiger partial charge in [0.15, 0.2) is 0 Å². The topological polar surface area (TPSA) is 60.2 Å². The van der Waals surface area contributed by atoms with Gasteiger partial charge in [0.2, 0.25) is 5.91 Å². The van der Waals surface area contributed by atoms with Crippen molar-refractivity contribution in [2.45, 2.75) is 6.92 Å². The quantitative estimate of drug-likeness (QED) is 0.799. The number of carbonyl (C=O) groups excluding carboxylic acids is 1. The molecule has 0 radical (unpaired) electrons. The number of amides is 1. The van der Waals surface area contributed by atoms with E-state index in [1.807, 2.05) is 29.2 Å². The van der Waals surface area contributed by atoms with Gasteiger partial charge in [-0.2, -0.15) is 5.26 Å². The van der Waals surface area contributed by atoms with Crippen LogP contribution in [0.25, 0.3) is 10.9 Å². The van der Waals surface area contributed by atoms with Crippen molar-refractivity contribution in [3.05, 3.63) is 36.0 Å². The van der Waals surface area contributed by atoms with E-state index in [9.17, 15) is 10.1 Å². The molecule has 0 aliphatic carbocycles. The van der Waals surface area contributed by atoms with E-state index in [4.69, 9.17) is 0 Å². The SMILES string of the molecule is CC(=O)N1CCN(c2c(C#N)cnc3ccccc23)CC1. The van der Waals surface area contributed by atoms with Gasteiger partial charge in [-0.3, -0.25) is 9.78 Å². The summed E-state index contributed by atoms with van der Waals surface area (Å²) >= 11 is 0. The molecule has 0 unspecified atom stereocenters. The van der Waals surface area contributed by atoms with E-state index in [0.717, 1.165) is 29.7 Å². The number of carbonyl (C=O) groups is 1. The summed E-state index contributed by atoms with van der Waals surface area (Å²) in [5.41, 5.74) is 2.41. The van der Waals surface area contributed by atoms with Gasteiger partial charge in [-0.25, -0.2) is 0 Å². The molecule has 1 saturated heterocycles. The van der Waals surface area contributed by atoms with Crippen molar-refractivity contribution in [3.63, 3.8) is 0 Å². The van der Waals surface area contributed by atoms with Crippen molar-refractivity contribution in [3.8, 4) is 6.07 Å². The highest BCUT2D eigenvalue weighted by Gasteiger charge is 2.22. The van der Waals surface area contributed by atoms with E-state index < -0.39 is 0 Å². The molecule has 1 aromatic heterocycles. The molecule has 0 spiro atoms. The van der Waals surface area contributed by atoms with E-state index in [0.29, 0.717) is 18.7 Å². The van der Waals surface area contributed by atoms with Crippen LogP contribution in [0.2, 0.25) is 0 Å². The van der Waals surface area contributed by atoms with Crippen LogP contribution < -0.4 is 4.90 Å². The number of hydrogen-bond acceptors (Lipinski definition) is 4. The number of anilines is 1. The van der Waals surface area contributed by atoms with Gasteiger partial charge < -0.3 is 9.80 Å². The molecule has 1 aliphatic heterocycles. The van der Waals surface area contributed by atoms with Crippen molar-refractivity contribution >= 4 is 22.5 Å². The van der Waals surface area contributed by atoms with Crippen LogP contribution in [-0.2, 0) is 4.79 Å². The monoisotopic (exact) mass is 280 g/mol. The highest BCUT2D eigenvalue weighted by molar-refractivity contribution is 5.94. The van der Waals surface area contributed by atoms with Crippen molar-refractivity contribution in [1.82, 2.24) is 9.88 Å². The molecule has 0 N–H and O–H groups in total. The predicted molar refractivity (Wildman–Crippen MR) is 80.9 cm³/mol. The third-order valence-corrected chi connectivity index (χ3v) is 3.91. The van der Waals surface area contributed by atoms with E-state index in [1.165, 1.54) is 0 Å². The first-order chi connectivity index (χ1) is 10.2. The molecular weight excluding hydrogens is 264 g/mol. The van der Waals surface area contributed by atoms with Gasteiger partial charge in [0, 0.05) is 44.7 Å². The minimum atomic E-state index is 0.106. The molecule has 0 atom stereocenters. The van der Waals surface area contributed by atoms with Crippen LogP contribution >= 0.6 is 0 Å². The molecule has 2 heterocycles. The van der Waals surface area contributed by atoms with Crippen LogP contribution in [0.1, 0.15) is 12.5 Å². The van der Waals surface area contributed by atoms with E-state index in [-0.39, 0.29) is 5.91 Å². The number of pyridine rings is 1. The maximum atomic E-state index is 11.4. The summed E-state index contributed by atoms with van der Waals surface area (Å²) in [7, 11) is 0. The molecular formula is C16H16N4O. The van der Waals surface area contributed by atoms with Crippen molar-refractivity contribution in [2.75, 3.05) is 31.1 Å². The highest BCUT2D eigenvalue weighted by Crippen LogP contribution is 2.29. The Bertz CT molecular complexity index is 727. The largest absolute Gasteiger partial charge is 0.366 e. The van der Waals surface area contributed by atoms with Gasteiger partial charge in [0.05, 0.1) is 16.8 Å². The van der Waals surface area contributed by atoms with Crippen LogP contribution in [0.15, 0.2) is 30.5 Å².